The Morgan fingerprint density at radius 1 is 1.24 bits per heavy atom. The smallest absolute Gasteiger partial charge is 0.425 e. The molecule has 0 amide bonds. The van der Waals surface area contributed by atoms with Crippen LogP contribution in [0.15, 0.2) is 42.0 Å². The summed E-state index contributed by atoms with van der Waals surface area (Å²) in [5.41, 5.74) is 2.63. The van der Waals surface area contributed by atoms with E-state index in [9.17, 15) is 23.2 Å². The second kappa shape index (κ2) is 12.4. The molecular weight excluding hydrogens is 525 g/mol. The predicted molar refractivity (Wildman–Crippen MR) is 136 cm³/mol. The third-order valence-corrected chi connectivity index (χ3v) is 6.46. The van der Waals surface area contributed by atoms with Crippen molar-refractivity contribution >= 4 is 24.5 Å². The topological polar surface area (TPSA) is 92.0 Å². The summed E-state index contributed by atoms with van der Waals surface area (Å²) in [5.74, 6) is 0.109. The summed E-state index contributed by atoms with van der Waals surface area (Å²) in [7, 11) is 0. The second-order valence-corrected chi connectivity index (χ2v) is 9.21. The van der Waals surface area contributed by atoms with E-state index in [1.54, 1.807) is 18.2 Å². The molecule has 2 aromatic rings. The minimum Gasteiger partial charge on any atom is -0.489 e. The largest absolute Gasteiger partial charge is 0.489 e. The lowest BCUT2D eigenvalue weighted by atomic mass is 9.96. The molecule has 0 unspecified atom stereocenters. The monoisotopic (exact) mass is 552 g/mol. The summed E-state index contributed by atoms with van der Waals surface area (Å²) in [6.07, 6.45) is -3.18. The number of piperidine rings is 1. The number of halogens is 4. The first-order valence-electron chi connectivity index (χ1n) is 11.9. The number of carbonyl (C=O) groups is 1. The van der Waals surface area contributed by atoms with Crippen molar-refractivity contribution in [3.63, 3.8) is 0 Å². The van der Waals surface area contributed by atoms with E-state index in [2.05, 4.69) is 11.0 Å². The molecule has 11 heteroatoms. The molecule has 0 spiro atoms. The highest BCUT2D eigenvalue weighted by atomic mass is 35.5. The number of alkyl halides is 3. The molecule has 0 saturated carbocycles. The lowest BCUT2D eigenvalue weighted by molar-refractivity contribution is -0.189. The Bertz CT molecular complexity index is 1220. The quantitative estimate of drug-likeness (QED) is 0.465. The number of rotatable bonds is 8. The summed E-state index contributed by atoms with van der Waals surface area (Å²) >= 11 is 0. The lowest BCUT2D eigenvalue weighted by Gasteiger charge is -2.31. The third kappa shape index (κ3) is 7.33. The molecule has 4 rings (SSSR count). The average molecular weight is 553 g/mol. The number of hydrogen-bond donors (Lipinski definition) is 1. The molecule has 2 aromatic carbocycles. The van der Waals surface area contributed by atoms with E-state index in [1.807, 2.05) is 12.1 Å². The summed E-state index contributed by atoms with van der Waals surface area (Å²) in [4.78, 5) is 13.4. The predicted octanol–water partition coefficient (Wildman–Crippen LogP) is 5.46. The van der Waals surface area contributed by atoms with Crippen molar-refractivity contribution in [2.24, 2.45) is 5.92 Å². The van der Waals surface area contributed by atoms with Crippen LogP contribution in [0.2, 0.25) is 0 Å². The SMILES string of the molecule is C[C@H](Oc1ccc(COc2ccc3c(c2)OCC(CN2CCC(C(=O)O)CC2)=C3)cc1C#N)C(F)(F)F.Cl. The van der Waals surface area contributed by atoms with E-state index in [0.717, 1.165) is 37.7 Å². The Kier molecular flexibility index (Phi) is 9.52. The number of nitriles is 1. The Morgan fingerprint density at radius 3 is 2.63 bits per heavy atom. The fourth-order valence-corrected chi connectivity index (χ4v) is 4.28. The number of hydrogen-bond acceptors (Lipinski definition) is 6. The standard InChI is InChI=1S/C27H27F3N2O5.ClH/c1-17(27(28,29)30)37-24-5-2-18(10-22(24)13-31)15-35-23-4-3-21-11-19(16-36-25(21)12-23)14-32-8-6-20(7-9-32)26(33)34;/h2-5,10-12,17,20H,6-9,14-16H2,1H3,(H,33,34);1H/t17-;/m0./s1. The summed E-state index contributed by atoms with van der Waals surface area (Å²) in [6.45, 7) is 3.64. The van der Waals surface area contributed by atoms with Gasteiger partial charge in [0.1, 0.15) is 36.5 Å². The molecule has 38 heavy (non-hydrogen) atoms. The van der Waals surface area contributed by atoms with Gasteiger partial charge in [-0.25, -0.2) is 0 Å². The molecule has 2 aliphatic heterocycles. The summed E-state index contributed by atoms with van der Waals surface area (Å²) in [6, 6.07) is 11.7. The lowest BCUT2D eigenvalue weighted by Crippen LogP contribution is -2.38. The first-order chi connectivity index (χ1) is 17.6. The first kappa shape index (κ1) is 29.1. The van der Waals surface area contributed by atoms with E-state index >= 15 is 0 Å². The number of carboxylic acids is 1. The van der Waals surface area contributed by atoms with Gasteiger partial charge in [0.25, 0.3) is 0 Å². The van der Waals surface area contributed by atoms with Crippen LogP contribution in [0, 0.1) is 17.2 Å². The molecule has 1 N–H and O–H groups in total. The number of likely N-dealkylation sites (tertiary alicyclic amines) is 1. The number of carboxylic acid groups (broad SMARTS) is 1. The molecule has 1 saturated heterocycles. The fourth-order valence-electron chi connectivity index (χ4n) is 4.28. The van der Waals surface area contributed by atoms with Crippen LogP contribution >= 0.6 is 12.4 Å². The summed E-state index contributed by atoms with van der Waals surface area (Å²) in [5, 5.41) is 18.5. The number of benzene rings is 2. The maximum Gasteiger partial charge on any atom is 0.425 e. The van der Waals surface area contributed by atoms with Crippen molar-refractivity contribution in [1.82, 2.24) is 4.90 Å². The molecule has 204 valence electrons. The van der Waals surface area contributed by atoms with Crippen molar-refractivity contribution in [3.05, 3.63) is 58.7 Å². The van der Waals surface area contributed by atoms with Crippen LogP contribution in [0.4, 0.5) is 13.2 Å². The highest BCUT2D eigenvalue weighted by molar-refractivity contribution is 5.85. The zero-order valence-corrected chi connectivity index (χ0v) is 21.5. The van der Waals surface area contributed by atoms with Gasteiger partial charge in [-0.15, -0.1) is 12.4 Å². The van der Waals surface area contributed by atoms with Crippen molar-refractivity contribution in [3.8, 4) is 23.3 Å². The van der Waals surface area contributed by atoms with Crippen LogP contribution in [-0.4, -0.2) is 54.5 Å². The molecule has 2 aliphatic rings. The van der Waals surface area contributed by atoms with E-state index in [4.69, 9.17) is 19.3 Å². The number of nitrogens with zero attached hydrogens (tertiary/aromatic N) is 2. The van der Waals surface area contributed by atoms with Crippen molar-refractivity contribution < 1.29 is 37.3 Å². The van der Waals surface area contributed by atoms with Crippen molar-refractivity contribution in [2.75, 3.05) is 26.2 Å². The van der Waals surface area contributed by atoms with Gasteiger partial charge in [0, 0.05) is 18.2 Å². The van der Waals surface area contributed by atoms with Crippen LogP contribution in [0.5, 0.6) is 17.2 Å². The number of aliphatic carboxylic acids is 1. The molecule has 2 heterocycles. The number of ether oxygens (including phenoxy) is 3. The van der Waals surface area contributed by atoms with E-state index in [1.165, 1.54) is 12.1 Å². The number of fused-ring (bicyclic) bond motifs is 1. The molecular formula is C27H28ClF3N2O5. The molecule has 0 aliphatic carbocycles. The molecule has 0 aromatic heterocycles. The first-order valence-corrected chi connectivity index (χ1v) is 11.9. The minimum absolute atomic E-state index is 0. The van der Waals surface area contributed by atoms with Gasteiger partial charge in [0.2, 0.25) is 0 Å². The van der Waals surface area contributed by atoms with Gasteiger partial charge < -0.3 is 19.3 Å². The Balaban J connectivity index is 0.00000400. The maximum absolute atomic E-state index is 12.8. The van der Waals surface area contributed by atoms with E-state index in [-0.39, 0.29) is 36.2 Å². The maximum atomic E-state index is 12.8. The second-order valence-electron chi connectivity index (χ2n) is 9.21. The van der Waals surface area contributed by atoms with Gasteiger partial charge in [-0.2, -0.15) is 18.4 Å². The van der Waals surface area contributed by atoms with Gasteiger partial charge in [0.15, 0.2) is 6.10 Å². The normalized spacial score (nSPS) is 16.7. The van der Waals surface area contributed by atoms with Crippen LogP contribution in [0.1, 0.15) is 36.5 Å². The Morgan fingerprint density at radius 2 is 1.97 bits per heavy atom. The van der Waals surface area contributed by atoms with Crippen LogP contribution in [-0.2, 0) is 11.4 Å². The van der Waals surface area contributed by atoms with E-state index < -0.39 is 18.2 Å². The fraction of sp³-hybridized carbons (Fsp3) is 0.407. The van der Waals surface area contributed by atoms with Crippen molar-refractivity contribution in [1.29, 1.82) is 5.26 Å². The van der Waals surface area contributed by atoms with Gasteiger partial charge >= 0.3 is 12.1 Å². The van der Waals surface area contributed by atoms with E-state index in [0.29, 0.717) is 36.5 Å². The Labute approximate surface area is 224 Å². The zero-order valence-electron chi connectivity index (χ0n) is 20.7. The van der Waals surface area contributed by atoms with Crippen molar-refractivity contribution in [2.45, 2.75) is 38.7 Å². The van der Waals surface area contributed by atoms with Crippen LogP contribution in [0.25, 0.3) is 6.08 Å². The molecule has 7 nitrogen and oxygen atoms in total. The molecule has 0 bridgehead atoms. The minimum atomic E-state index is -4.53. The van der Waals surface area contributed by atoms with Gasteiger partial charge in [-0.1, -0.05) is 6.07 Å². The Hall–Kier alpha value is -3.42. The molecule has 1 fully saturated rings. The van der Waals surface area contributed by atoms with Crippen LogP contribution in [0.3, 0.4) is 0 Å². The summed E-state index contributed by atoms with van der Waals surface area (Å²) < 4.78 is 55.0. The molecule has 1 atom stereocenters. The highest BCUT2D eigenvalue weighted by Gasteiger charge is 2.38. The van der Waals surface area contributed by atoms with Crippen LogP contribution < -0.4 is 14.2 Å². The van der Waals surface area contributed by atoms with Gasteiger partial charge in [0.05, 0.1) is 11.5 Å². The highest BCUT2D eigenvalue weighted by Crippen LogP contribution is 2.32. The average Bonchev–Trinajstić information content (AvgIpc) is 2.87. The third-order valence-electron chi connectivity index (χ3n) is 6.46. The van der Waals surface area contributed by atoms with Gasteiger partial charge in [-0.3, -0.25) is 9.69 Å². The molecule has 0 radical (unpaired) electrons. The van der Waals surface area contributed by atoms with Gasteiger partial charge in [-0.05, 0) is 74.3 Å². The zero-order chi connectivity index (χ0) is 26.6.